The number of hydrogen-bond acceptors (Lipinski definition) is 1. The van der Waals surface area contributed by atoms with Crippen LogP contribution in [0.2, 0.25) is 0 Å². The van der Waals surface area contributed by atoms with Crippen molar-refractivity contribution in [3.8, 4) is 0 Å². The molecular formula is C15H21NO. The van der Waals surface area contributed by atoms with Gasteiger partial charge in [-0.3, -0.25) is 4.79 Å². The van der Waals surface area contributed by atoms with Crippen molar-refractivity contribution in [3.05, 3.63) is 48.6 Å². The van der Waals surface area contributed by atoms with E-state index in [1.165, 1.54) is 0 Å². The van der Waals surface area contributed by atoms with Crippen LogP contribution in [-0.4, -0.2) is 11.9 Å². The fraction of sp³-hybridized carbons (Fsp3) is 0.400. The lowest BCUT2D eigenvalue weighted by atomic mass is 10.1. The van der Waals surface area contributed by atoms with E-state index >= 15 is 0 Å². The highest BCUT2D eigenvalue weighted by atomic mass is 16.1. The van der Waals surface area contributed by atoms with Crippen LogP contribution in [0.4, 0.5) is 0 Å². The predicted octanol–water partition coefficient (Wildman–Crippen LogP) is 3.09. The van der Waals surface area contributed by atoms with Crippen molar-refractivity contribution in [1.29, 1.82) is 0 Å². The molecule has 2 nitrogen and oxygen atoms in total. The smallest absolute Gasteiger partial charge is 0.224 e. The average Bonchev–Trinajstić information content (AvgIpc) is 2.30. The molecule has 0 aliphatic carbocycles. The van der Waals surface area contributed by atoms with E-state index in [4.69, 9.17) is 0 Å². The van der Waals surface area contributed by atoms with Crippen LogP contribution >= 0.6 is 0 Å². The van der Waals surface area contributed by atoms with Crippen molar-refractivity contribution in [3.63, 3.8) is 0 Å². The third-order valence-corrected chi connectivity index (χ3v) is 2.66. The number of benzene rings is 1. The zero-order chi connectivity index (χ0) is 12.5. The van der Waals surface area contributed by atoms with Crippen LogP contribution in [0.3, 0.4) is 0 Å². The Morgan fingerprint density at radius 3 is 2.71 bits per heavy atom. The van der Waals surface area contributed by atoms with Gasteiger partial charge in [0, 0.05) is 6.04 Å². The fourth-order valence-electron chi connectivity index (χ4n) is 1.86. The molecule has 1 aromatic carbocycles. The first kappa shape index (κ1) is 13.5. The van der Waals surface area contributed by atoms with E-state index in [2.05, 4.69) is 18.8 Å². The van der Waals surface area contributed by atoms with Crippen LogP contribution < -0.4 is 5.32 Å². The standard InChI is InChI=1S/C15H21NO/c1-3-8-14(9-4-2)16-15(17)12-13-10-6-5-7-11-13/h3,5-7,10-11,14H,1,4,8-9,12H2,2H3,(H,16,17). The zero-order valence-corrected chi connectivity index (χ0v) is 10.5. The Bertz CT molecular complexity index is 345. The highest BCUT2D eigenvalue weighted by Gasteiger charge is 2.10. The molecule has 0 bridgehead atoms. The van der Waals surface area contributed by atoms with Gasteiger partial charge < -0.3 is 5.32 Å². The number of nitrogens with one attached hydrogen (secondary N) is 1. The third-order valence-electron chi connectivity index (χ3n) is 2.66. The van der Waals surface area contributed by atoms with Gasteiger partial charge in [0.25, 0.3) is 0 Å². The van der Waals surface area contributed by atoms with Crippen molar-refractivity contribution < 1.29 is 4.79 Å². The minimum absolute atomic E-state index is 0.0940. The van der Waals surface area contributed by atoms with Crippen LogP contribution in [0.1, 0.15) is 31.7 Å². The Morgan fingerprint density at radius 1 is 1.41 bits per heavy atom. The minimum Gasteiger partial charge on any atom is -0.353 e. The Kier molecular flexibility index (Phi) is 6.08. The second-order valence-electron chi connectivity index (χ2n) is 4.24. The molecule has 0 fully saturated rings. The second-order valence-corrected chi connectivity index (χ2v) is 4.24. The zero-order valence-electron chi connectivity index (χ0n) is 10.5. The van der Waals surface area contributed by atoms with Gasteiger partial charge in [-0.2, -0.15) is 0 Å². The summed E-state index contributed by atoms with van der Waals surface area (Å²) in [6, 6.07) is 10.0. The lowest BCUT2D eigenvalue weighted by Gasteiger charge is -2.16. The molecule has 0 saturated carbocycles. The van der Waals surface area contributed by atoms with Crippen LogP contribution in [0.25, 0.3) is 0 Å². The Labute approximate surface area is 104 Å². The van der Waals surface area contributed by atoms with Gasteiger partial charge in [0.05, 0.1) is 6.42 Å². The first-order chi connectivity index (χ1) is 8.26. The van der Waals surface area contributed by atoms with Gasteiger partial charge >= 0.3 is 0 Å². The fourth-order valence-corrected chi connectivity index (χ4v) is 1.86. The largest absolute Gasteiger partial charge is 0.353 e. The Balaban J connectivity index is 2.44. The molecule has 0 aromatic heterocycles. The van der Waals surface area contributed by atoms with Crippen LogP contribution in [0.5, 0.6) is 0 Å². The number of carbonyl (C=O) groups excluding carboxylic acids is 1. The second kappa shape index (κ2) is 7.66. The molecule has 17 heavy (non-hydrogen) atoms. The van der Waals surface area contributed by atoms with Crippen LogP contribution in [-0.2, 0) is 11.2 Å². The number of hydrogen-bond donors (Lipinski definition) is 1. The highest BCUT2D eigenvalue weighted by Crippen LogP contribution is 2.04. The maximum absolute atomic E-state index is 11.8. The van der Waals surface area contributed by atoms with Crippen molar-refractivity contribution in [2.24, 2.45) is 0 Å². The van der Waals surface area contributed by atoms with Crippen LogP contribution in [0, 0.1) is 0 Å². The number of carbonyl (C=O) groups is 1. The average molecular weight is 231 g/mol. The number of rotatable bonds is 7. The Hall–Kier alpha value is -1.57. The molecule has 1 N–H and O–H groups in total. The van der Waals surface area contributed by atoms with E-state index in [0.29, 0.717) is 6.42 Å². The lowest BCUT2D eigenvalue weighted by molar-refractivity contribution is -0.121. The molecule has 1 rings (SSSR count). The topological polar surface area (TPSA) is 29.1 Å². The molecule has 1 aromatic rings. The molecule has 0 heterocycles. The maximum Gasteiger partial charge on any atom is 0.224 e. The monoisotopic (exact) mass is 231 g/mol. The SMILES string of the molecule is C=CCC(CCC)NC(=O)Cc1ccccc1. The molecule has 92 valence electrons. The Morgan fingerprint density at radius 2 is 2.12 bits per heavy atom. The molecule has 0 saturated heterocycles. The van der Waals surface area contributed by atoms with E-state index in [1.807, 2.05) is 36.4 Å². The summed E-state index contributed by atoms with van der Waals surface area (Å²) in [5.74, 6) is 0.0940. The summed E-state index contributed by atoms with van der Waals surface area (Å²) in [5.41, 5.74) is 1.05. The quantitative estimate of drug-likeness (QED) is 0.718. The third kappa shape index (κ3) is 5.34. The normalized spacial score (nSPS) is 11.8. The number of amides is 1. The molecule has 0 aliphatic heterocycles. The summed E-state index contributed by atoms with van der Waals surface area (Å²) in [6.07, 6.45) is 5.24. The highest BCUT2D eigenvalue weighted by molar-refractivity contribution is 5.78. The molecule has 2 heteroatoms. The van der Waals surface area contributed by atoms with Gasteiger partial charge in [-0.25, -0.2) is 0 Å². The summed E-state index contributed by atoms with van der Waals surface area (Å²) in [5, 5.41) is 3.06. The summed E-state index contributed by atoms with van der Waals surface area (Å²) in [6.45, 7) is 5.85. The molecule has 1 atom stereocenters. The van der Waals surface area contributed by atoms with Gasteiger partial charge in [-0.05, 0) is 18.4 Å². The van der Waals surface area contributed by atoms with E-state index in [0.717, 1.165) is 24.8 Å². The summed E-state index contributed by atoms with van der Waals surface area (Å²) < 4.78 is 0. The van der Waals surface area contributed by atoms with Crippen molar-refractivity contribution in [2.45, 2.75) is 38.6 Å². The van der Waals surface area contributed by atoms with Gasteiger partial charge in [-0.1, -0.05) is 49.8 Å². The van der Waals surface area contributed by atoms with E-state index in [9.17, 15) is 4.79 Å². The summed E-state index contributed by atoms with van der Waals surface area (Å²) in [7, 11) is 0. The molecule has 0 aliphatic rings. The summed E-state index contributed by atoms with van der Waals surface area (Å²) in [4.78, 5) is 11.8. The van der Waals surface area contributed by atoms with E-state index < -0.39 is 0 Å². The van der Waals surface area contributed by atoms with Crippen molar-refractivity contribution >= 4 is 5.91 Å². The van der Waals surface area contributed by atoms with Gasteiger partial charge in [0.2, 0.25) is 5.91 Å². The minimum atomic E-state index is 0.0940. The maximum atomic E-state index is 11.8. The first-order valence-electron chi connectivity index (χ1n) is 6.20. The molecule has 0 spiro atoms. The van der Waals surface area contributed by atoms with E-state index in [-0.39, 0.29) is 11.9 Å². The van der Waals surface area contributed by atoms with Gasteiger partial charge in [0.15, 0.2) is 0 Å². The molecular weight excluding hydrogens is 210 g/mol. The van der Waals surface area contributed by atoms with Gasteiger partial charge in [-0.15, -0.1) is 6.58 Å². The lowest BCUT2D eigenvalue weighted by Crippen LogP contribution is -2.35. The predicted molar refractivity (Wildman–Crippen MR) is 71.8 cm³/mol. The first-order valence-corrected chi connectivity index (χ1v) is 6.20. The molecule has 0 radical (unpaired) electrons. The molecule has 1 unspecified atom stereocenters. The molecule has 1 amide bonds. The van der Waals surface area contributed by atoms with Crippen molar-refractivity contribution in [1.82, 2.24) is 5.32 Å². The van der Waals surface area contributed by atoms with Crippen molar-refractivity contribution in [2.75, 3.05) is 0 Å². The van der Waals surface area contributed by atoms with Gasteiger partial charge in [0.1, 0.15) is 0 Å². The summed E-state index contributed by atoms with van der Waals surface area (Å²) >= 11 is 0. The van der Waals surface area contributed by atoms with E-state index in [1.54, 1.807) is 0 Å². The van der Waals surface area contributed by atoms with Crippen LogP contribution in [0.15, 0.2) is 43.0 Å².